The molecule has 0 saturated carbocycles. The number of nitrogens with one attached hydrogen (secondary N) is 3. The van der Waals surface area contributed by atoms with Crippen molar-refractivity contribution >= 4 is 23.6 Å². The third-order valence-electron chi connectivity index (χ3n) is 4.41. The van der Waals surface area contributed by atoms with E-state index in [4.69, 9.17) is 0 Å². The van der Waals surface area contributed by atoms with Gasteiger partial charge in [0, 0.05) is 37.0 Å². The Hall–Kier alpha value is -1.69. The lowest BCUT2D eigenvalue weighted by Gasteiger charge is -2.15. The number of guanidine groups is 1. The second-order valence-electron chi connectivity index (χ2n) is 6.42. The lowest BCUT2D eigenvalue weighted by Crippen LogP contribution is -2.39. The fourth-order valence-electron chi connectivity index (χ4n) is 2.61. The van der Waals surface area contributed by atoms with Gasteiger partial charge in [-0.25, -0.2) is 0 Å². The first-order chi connectivity index (χ1) is 12.1. The van der Waals surface area contributed by atoms with Gasteiger partial charge in [0.2, 0.25) is 0 Å². The Balaban J connectivity index is 1.78. The summed E-state index contributed by atoms with van der Waals surface area (Å²) >= 11 is 2.04. The third-order valence-corrected chi connectivity index (χ3v) is 5.81. The third kappa shape index (κ3) is 6.61. The largest absolute Gasteiger partial charge is 0.355 e. The lowest BCUT2D eigenvalue weighted by molar-refractivity contribution is 0.0939. The minimum absolute atomic E-state index is 0.0135. The monoisotopic (exact) mass is 362 g/mol. The van der Waals surface area contributed by atoms with E-state index in [1.165, 1.54) is 18.6 Å². The van der Waals surface area contributed by atoms with Gasteiger partial charge in [-0.2, -0.15) is 11.8 Å². The van der Waals surface area contributed by atoms with Crippen molar-refractivity contribution in [1.82, 2.24) is 16.0 Å². The van der Waals surface area contributed by atoms with Gasteiger partial charge < -0.3 is 16.0 Å². The fraction of sp³-hybridized carbons (Fsp3) is 0.579. The summed E-state index contributed by atoms with van der Waals surface area (Å²) in [5, 5.41) is 10.4. The smallest absolute Gasteiger partial charge is 0.251 e. The highest BCUT2D eigenvalue weighted by Gasteiger charge is 2.15. The van der Waals surface area contributed by atoms with Gasteiger partial charge in [0.05, 0.1) is 0 Å². The van der Waals surface area contributed by atoms with E-state index in [2.05, 4.69) is 27.9 Å². The summed E-state index contributed by atoms with van der Waals surface area (Å²) in [7, 11) is 1.79. The summed E-state index contributed by atoms with van der Waals surface area (Å²) < 4.78 is 0. The van der Waals surface area contributed by atoms with Crippen LogP contribution in [-0.4, -0.2) is 42.5 Å². The van der Waals surface area contributed by atoms with E-state index < -0.39 is 0 Å². The number of carbonyl (C=O) groups is 1. The van der Waals surface area contributed by atoms with Gasteiger partial charge in [-0.3, -0.25) is 9.79 Å². The highest BCUT2D eigenvalue weighted by Crippen LogP contribution is 2.25. The highest BCUT2D eigenvalue weighted by molar-refractivity contribution is 8.00. The summed E-state index contributed by atoms with van der Waals surface area (Å²) in [6, 6.07) is 7.92. The van der Waals surface area contributed by atoms with Crippen molar-refractivity contribution in [3.05, 3.63) is 35.4 Å². The molecule has 0 aliphatic carbocycles. The quantitative estimate of drug-likeness (QED) is 0.515. The van der Waals surface area contributed by atoms with E-state index >= 15 is 0 Å². The molecule has 2 rings (SSSR count). The normalized spacial score (nSPS) is 18.7. The molecular formula is C19H30N4OS. The summed E-state index contributed by atoms with van der Waals surface area (Å²) in [6.45, 7) is 5.72. The molecule has 0 aromatic heterocycles. The molecule has 2 atom stereocenters. The van der Waals surface area contributed by atoms with Gasteiger partial charge >= 0.3 is 0 Å². The molecule has 2 unspecified atom stereocenters. The van der Waals surface area contributed by atoms with Gasteiger partial charge in [-0.15, -0.1) is 0 Å². The molecule has 0 bridgehead atoms. The van der Waals surface area contributed by atoms with E-state index in [0.717, 1.165) is 24.5 Å². The Morgan fingerprint density at radius 1 is 1.32 bits per heavy atom. The standard InChI is InChI=1S/C19H30N4OS/c1-4-14(2)23-18(24)16-9-7-15(8-10-16)12-21-19(20-3)22-13-17-6-5-11-25-17/h7-10,14,17H,4-6,11-13H2,1-3H3,(H,23,24)(H2,20,21,22). The number of carbonyl (C=O) groups excluding carboxylic acids is 1. The molecule has 138 valence electrons. The zero-order chi connectivity index (χ0) is 18.1. The molecule has 1 amide bonds. The Morgan fingerprint density at radius 3 is 2.68 bits per heavy atom. The number of hydrogen-bond acceptors (Lipinski definition) is 3. The molecule has 1 aromatic rings. The molecule has 1 aromatic carbocycles. The number of benzene rings is 1. The Bertz CT molecular complexity index is 567. The molecule has 3 N–H and O–H groups in total. The minimum Gasteiger partial charge on any atom is -0.355 e. The van der Waals surface area contributed by atoms with Crippen LogP contribution in [0.5, 0.6) is 0 Å². The van der Waals surface area contributed by atoms with Crippen LogP contribution in [0.15, 0.2) is 29.3 Å². The molecule has 1 fully saturated rings. The Morgan fingerprint density at radius 2 is 2.08 bits per heavy atom. The zero-order valence-electron chi connectivity index (χ0n) is 15.5. The average molecular weight is 363 g/mol. The van der Waals surface area contributed by atoms with Crippen molar-refractivity contribution in [1.29, 1.82) is 0 Å². The van der Waals surface area contributed by atoms with Crippen LogP contribution >= 0.6 is 11.8 Å². The van der Waals surface area contributed by atoms with E-state index in [9.17, 15) is 4.79 Å². The first-order valence-electron chi connectivity index (χ1n) is 9.08. The van der Waals surface area contributed by atoms with Gasteiger partial charge in [-0.05, 0) is 49.6 Å². The van der Waals surface area contributed by atoms with Crippen LogP contribution in [0, 0.1) is 0 Å². The Kier molecular flexibility index (Phi) is 8.12. The fourth-order valence-corrected chi connectivity index (χ4v) is 3.81. The number of rotatable bonds is 7. The molecular weight excluding hydrogens is 332 g/mol. The number of aliphatic imine (C=N–C) groups is 1. The average Bonchev–Trinajstić information content (AvgIpc) is 3.15. The lowest BCUT2D eigenvalue weighted by atomic mass is 10.1. The van der Waals surface area contributed by atoms with Crippen LogP contribution in [0.25, 0.3) is 0 Å². The van der Waals surface area contributed by atoms with Gasteiger partial charge in [0.15, 0.2) is 5.96 Å². The summed E-state index contributed by atoms with van der Waals surface area (Å²) in [5.41, 5.74) is 1.82. The molecule has 0 radical (unpaired) electrons. The van der Waals surface area contributed by atoms with Crippen molar-refractivity contribution < 1.29 is 4.79 Å². The van der Waals surface area contributed by atoms with Crippen molar-refractivity contribution in [3.8, 4) is 0 Å². The summed E-state index contributed by atoms with van der Waals surface area (Å²) in [6.07, 6.45) is 3.54. The molecule has 1 saturated heterocycles. The van der Waals surface area contributed by atoms with Crippen LogP contribution in [0.2, 0.25) is 0 Å². The molecule has 1 aliphatic heterocycles. The number of amides is 1. The van der Waals surface area contributed by atoms with Crippen LogP contribution in [0.4, 0.5) is 0 Å². The SMILES string of the molecule is CCC(C)NC(=O)c1ccc(CNC(=NC)NCC2CCCS2)cc1. The van der Waals surface area contributed by atoms with Crippen molar-refractivity contribution in [2.24, 2.45) is 4.99 Å². The van der Waals surface area contributed by atoms with Gasteiger partial charge in [0.1, 0.15) is 0 Å². The molecule has 1 heterocycles. The van der Waals surface area contributed by atoms with Crippen LogP contribution < -0.4 is 16.0 Å². The molecule has 25 heavy (non-hydrogen) atoms. The first kappa shape index (κ1) is 19.6. The second kappa shape index (κ2) is 10.3. The highest BCUT2D eigenvalue weighted by atomic mass is 32.2. The molecule has 1 aliphatic rings. The van der Waals surface area contributed by atoms with E-state index in [1.54, 1.807) is 7.05 Å². The number of thioether (sulfide) groups is 1. The maximum atomic E-state index is 12.1. The van der Waals surface area contributed by atoms with Crippen molar-refractivity contribution in [2.45, 2.75) is 50.9 Å². The zero-order valence-corrected chi connectivity index (χ0v) is 16.3. The first-order valence-corrected chi connectivity index (χ1v) is 10.1. The second-order valence-corrected chi connectivity index (χ2v) is 7.83. The molecule has 6 heteroatoms. The minimum atomic E-state index is -0.0135. The number of nitrogens with zero attached hydrogens (tertiary/aromatic N) is 1. The molecule has 5 nitrogen and oxygen atoms in total. The van der Waals surface area contributed by atoms with E-state index in [0.29, 0.717) is 17.4 Å². The summed E-state index contributed by atoms with van der Waals surface area (Å²) in [5.74, 6) is 2.08. The Labute approximate surface area is 155 Å². The van der Waals surface area contributed by atoms with Gasteiger partial charge in [-0.1, -0.05) is 19.1 Å². The van der Waals surface area contributed by atoms with Gasteiger partial charge in [0.25, 0.3) is 5.91 Å². The predicted octanol–water partition coefficient (Wildman–Crippen LogP) is 2.78. The number of hydrogen-bond donors (Lipinski definition) is 3. The maximum Gasteiger partial charge on any atom is 0.251 e. The topological polar surface area (TPSA) is 65.5 Å². The molecule has 0 spiro atoms. The van der Waals surface area contributed by atoms with Crippen molar-refractivity contribution in [2.75, 3.05) is 19.3 Å². The predicted molar refractivity (Wildman–Crippen MR) is 107 cm³/mol. The van der Waals surface area contributed by atoms with Crippen LogP contribution in [0.3, 0.4) is 0 Å². The van der Waals surface area contributed by atoms with Crippen LogP contribution in [0.1, 0.15) is 49.0 Å². The van der Waals surface area contributed by atoms with E-state index in [-0.39, 0.29) is 11.9 Å². The van der Waals surface area contributed by atoms with Crippen molar-refractivity contribution in [3.63, 3.8) is 0 Å². The van der Waals surface area contributed by atoms with Crippen LogP contribution in [-0.2, 0) is 6.54 Å². The van der Waals surface area contributed by atoms with E-state index in [1.807, 2.05) is 43.0 Å². The summed E-state index contributed by atoms with van der Waals surface area (Å²) in [4.78, 5) is 16.4. The maximum absolute atomic E-state index is 12.1.